The van der Waals surface area contributed by atoms with Crippen LogP contribution in [0.2, 0.25) is 0 Å². The number of hydrogen-bond donors (Lipinski definition) is 1. The molecule has 1 aliphatic heterocycles. The van der Waals surface area contributed by atoms with Crippen molar-refractivity contribution >= 4 is 11.5 Å². The molecule has 0 atom stereocenters. The Hall–Kier alpha value is -3.54. The van der Waals surface area contributed by atoms with Crippen molar-refractivity contribution in [1.82, 2.24) is 24.9 Å². The summed E-state index contributed by atoms with van der Waals surface area (Å²) in [6, 6.07) is 16.2. The smallest absolute Gasteiger partial charge is 0.182 e. The van der Waals surface area contributed by atoms with Gasteiger partial charge in [0.05, 0.1) is 12.1 Å². The maximum absolute atomic E-state index is 4.89. The van der Waals surface area contributed by atoms with E-state index in [1.165, 1.54) is 0 Å². The number of benzene rings is 1. The second kappa shape index (κ2) is 6.32. The number of pyridine rings is 2. The van der Waals surface area contributed by atoms with Crippen LogP contribution < -0.4 is 5.32 Å². The zero-order valence-electron chi connectivity index (χ0n) is 14.9. The van der Waals surface area contributed by atoms with Crippen molar-refractivity contribution in [3.8, 4) is 22.5 Å². The molecular formula is C21H18N6. The number of aliphatic imine (C=N–C) groups is 1. The number of hydrogen-bond acceptors (Lipinski definition) is 5. The Morgan fingerprint density at radius 3 is 2.63 bits per heavy atom. The zero-order valence-corrected chi connectivity index (χ0v) is 14.9. The van der Waals surface area contributed by atoms with Crippen molar-refractivity contribution in [2.45, 2.75) is 6.92 Å². The molecule has 132 valence electrons. The Morgan fingerprint density at radius 1 is 1.04 bits per heavy atom. The topological polar surface area (TPSA) is 67.5 Å². The van der Waals surface area contributed by atoms with E-state index in [9.17, 15) is 0 Å². The molecule has 6 heteroatoms. The molecule has 27 heavy (non-hydrogen) atoms. The third-order valence-corrected chi connectivity index (χ3v) is 4.70. The molecule has 1 aromatic carbocycles. The summed E-state index contributed by atoms with van der Waals surface area (Å²) in [5, 5.41) is 8.15. The molecule has 0 amide bonds. The third-order valence-electron chi connectivity index (χ3n) is 4.70. The fraction of sp³-hybridized carbons (Fsp3) is 0.143. The first-order valence-electron chi connectivity index (χ1n) is 8.96. The number of amidine groups is 1. The molecule has 0 fully saturated rings. The predicted octanol–water partition coefficient (Wildman–Crippen LogP) is 3.12. The third kappa shape index (κ3) is 2.66. The highest BCUT2D eigenvalue weighted by atomic mass is 15.3. The van der Waals surface area contributed by atoms with E-state index in [4.69, 9.17) is 10.1 Å². The standard InChI is InChI=1S/C21H18N6/c1-14-12-17(16-8-5-9-22-13-16)18(20-23-10-11-24-20)21-25-19(26-27(14)21)15-6-3-2-4-7-15/h2-9,12-13H,10-11H2,1H3,(H,23,24). The van der Waals surface area contributed by atoms with Gasteiger partial charge in [-0.25, -0.2) is 9.50 Å². The van der Waals surface area contributed by atoms with Crippen LogP contribution >= 0.6 is 0 Å². The van der Waals surface area contributed by atoms with Crippen molar-refractivity contribution < 1.29 is 0 Å². The fourth-order valence-corrected chi connectivity index (χ4v) is 3.44. The molecule has 1 N–H and O–H groups in total. The molecular weight excluding hydrogens is 336 g/mol. The fourth-order valence-electron chi connectivity index (χ4n) is 3.44. The van der Waals surface area contributed by atoms with E-state index in [2.05, 4.69) is 27.4 Å². The molecule has 0 bridgehead atoms. The van der Waals surface area contributed by atoms with Crippen LogP contribution in [-0.4, -0.2) is 38.5 Å². The van der Waals surface area contributed by atoms with E-state index in [1.807, 2.05) is 54.0 Å². The Morgan fingerprint density at radius 2 is 1.89 bits per heavy atom. The van der Waals surface area contributed by atoms with Crippen LogP contribution in [-0.2, 0) is 0 Å². The number of aromatic nitrogens is 4. The Bertz CT molecular complexity index is 1150. The van der Waals surface area contributed by atoms with Gasteiger partial charge in [0, 0.05) is 35.8 Å². The van der Waals surface area contributed by atoms with E-state index >= 15 is 0 Å². The van der Waals surface area contributed by atoms with Gasteiger partial charge in [-0.3, -0.25) is 9.98 Å². The molecule has 4 aromatic rings. The lowest BCUT2D eigenvalue weighted by Crippen LogP contribution is -2.21. The average Bonchev–Trinajstić information content (AvgIpc) is 3.40. The van der Waals surface area contributed by atoms with Gasteiger partial charge in [0.1, 0.15) is 5.84 Å². The van der Waals surface area contributed by atoms with Crippen molar-refractivity contribution in [1.29, 1.82) is 0 Å². The van der Waals surface area contributed by atoms with Crippen LogP contribution in [0.4, 0.5) is 0 Å². The van der Waals surface area contributed by atoms with Gasteiger partial charge in [-0.05, 0) is 24.6 Å². The second-order valence-electron chi connectivity index (χ2n) is 6.51. The predicted molar refractivity (Wildman–Crippen MR) is 106 cm³/mol. The van der Waals surface area contributed by atoms with E-state index in [0.29, 0.717) is 5.82 Å². The molecule has 0 unspecified atom stereocenters. The first kappa shape index (κ1) is 15.7. The second-order valence-corrected chi connectivity index (χ2v) is 6.51. The Balaban J connectivity index is 1.82. The molecule has 0 saturated carbocycles. The first-order chi connectivity index (χ1) is 13.3. The van der Waals surface area contributed by atoms with Crippen LogP contribution in [0, 0.1) is 6.92 Å². The molecule has 0 aliphatic carbocycles. The zero-order chi connectivity index (χ0) is 18.2. The molecule has 0 saturated heterocycles. The number of nitrogens with one attached hydrogen (secondary N) is 1. The van der Waals surface area contributed by atoms with Crippen molar-refractivity contribution in [2.75, 3.05) is 13.1 Å². The van der Waals surface area contributed by atoms with Crippen LogP contribution in [0.5, 0.6) is 0 Å². The highest BCUT2D eigenvalue weighted by Crippen LogP contribution is 2.29. The SMILES string of the molecule is Cc1cc(-c2cccnc2)c(C2=NCCN2)c2nc(-c3ccccc3)nn12. The van der Waals surface area contributed by atoms with Crippen LogP contribution in [0.15, 0.2) is 65.9 Å². The minimum atomic E-state index is 0.710. The monoisotopic (exact) mass is 354 g/mol. The van der Waals surface area contributed by atoms with Gasteiger partial charge in [-0.15, -0.1) is 5.10 Å². The van der Waals surface area contributed by atoms with Crippen LogP contribution in [0.1, 0.15) is 11.3 Å². The van der Waals surface area contributed by atoms with Gasteiger partial charge in [0.2, 0.25) is 0 Å². The molecule has 3 aromatic heterocycles. The summed E-state index contributed by atoms with van der Waals surface area (Å²) in [5.41, 5.74) is 5.89. The lowest BCUT2D eigenvalue weighted by Gasteiger charge is -2.13. The molecule has 0 spiro atoms. The maximum atomic E-state index is 4.89. The van der Waals surface area contributed by atoms with Gasteiger partial charge in [-0.1, -0.05) is 36.4 Å². The summed E-state index contributed by atoms with van der Waals surface area (Å²) in [4.78, 5) is 13.8. The van der Waals surface area contributed by atoms with Crippen molar-refractivity contribution in [2.24, 2.45) is 4.99 Å². The number of nitrogens with zero attached hydrogens (tertiary/aromatic N) is 5. The van der Waals surface area contributed by atoms with E-state index in [1.54, 1.807) is 6.20 Å². The van der Waals surface area contributed by atoms with Crippen LogP contribution in [0.3, 0.4) is 0 Å². The minimum Gasteiger partial charge on any atom is -0.368 e. The summed E-state index contributed by atoms with van der Waals surface area (Å²) in [5.74, 6) is 1.58. The molecule has 4 heterocycles. The normalized spacial score (nSPS) is 13.6. The number of rotatable bonds is 3. The van der Waals surface area contributed by atoms with Crippen molar-refractivity contribution in [3.05, 3.63) is 72.2 Å². The quantitative estimate of drug-likeness (QED) is 0.614. The summed E-state index contributed by atoms with van der Waals surface area (Å²) in [6.07, 6.45) is 3.66. The highest BCUT2D eigenvalue weighted by molar-refractivity contribution is 6.10. The summed E-state index contributed by atoms with van der Waals surface area (Å²) >= 11 is 0. The molecule has 1 aliphatic rings. The van der Waals surface area contributed by atoms with Gasteiger partial charge in [0.15, 0.2) is 11.5 Å². The van der Waals surface area contributed by atoms with Gasteiger partial charge in [0.25, 0.3) is 0 Å². The van der Waals surface area contributed by atoms with Gasteiger partial charge in [-0.2, -0.15) is 0 Å². The Labute approximate surface area is 156 Å². The van der Waals surface area contributed by atoms with Crippen molar-refractivity contribution in [3.63, 3.8) is 0 Å². The van der Waals surface area contributed by atoms with Crippen LogP contribution in [0.25, 0.3) is 28.2 Å². The maximum Gasteiger partial charge on any atom is 0.182 e. The van der Waals surface area contributed by atoms with E-state index < -0.39 is 0 Å². The number of aryl methyl sites for hydroxylation is 1. The average molecular weight is 354 g/mol. The highest BCUT2D eigenvalue weighted by Gasteiger charge is 2.22. The Kier molecular flexibility index (Phi) is 3.67. The lowest BCUT2D eigenvalue weighted by atomic mass is 10.0. The van der Waals surface area contributed by atoms with Gasteiger partial charge >= 0.3 is 0 Å². The molecule has 5 rings (SSSR count). The largest absolute Gasteiger partial charge is 0.368 e. The summed E-state index contributed by atoms with van der Waals surface area (Å²) in [6.45, 7) is 3.65. The first-order valence-corrected chi connectivity index (χ1v) is 8.96. The number of fused-ring (bicyclic) bond motifs is 1. The summed E-state index contributed by atoms with van der Waals surface area (Å²) < 4.78 is 1.90. The van der Waals surface area contributed by atoms with E-state index in [0.717, 1.165) is 52.5 Å². The minimum absolute atomic E-state index is 0.710. The van der Waals surface area contributed by atoms with Gasteiger partial charge < -0.3 is 5.32 Å². The van der Waals surface area contributed by atoms with E-state index in [-0.39, 0.29) is 0 Å². The lowest BCUT2D eigenvalue weighted by molar-refractivity contribution is 0.916. The molecule has 6 nitrogen and oxygen atoms in total. The summed E-state index contributed by atoms with van der Waals surface area (Å²) in [7, 11) is 0. The molecule has 0 radical (unpaired) electrons.